The van der Waals surface area contributed by atoms with E-state index in [9.17, 15) is 80.5 Å². The first-order chi connectivity index (χ1) is 50.7. The highest BCUT2D eigenvalue weighted by molar-refractivity contribution is 5.98. The molecular formula is C68H88N12O26. The van der Waals surface area contributed by atoms with E-state index in [2.05, 4.69) is 47.2 Å². The summed E-state index contributed by atoms with van der Waals surface area (Å²) in [5.41, 5.74) is 14.5. The van der Waals surface area contributed by atoms with Crippen molar-refractivity contribution in [2.24, 2.45) is 21.5 Å². The predicted molar refractivity (Wildman–Crippen MR) is 361 cm³/mol. The van der Waals surface area contributed by atoms with E-state index in [1.165, 1.54) is 24.3 Å². The van der Waals surface area contributed by atoms with Gasteiger partial charge >= 0.3 is 0 Å². The number of hydrogen-bond acceptors (Lipinski definition) is 32. The minimum absolute atomic E-state index is 0.0530. The van der Waals surface area contributed by atoms with Crippen LogP contribution < -0.4 is 58.2 Å². The van der Waals surface area contributed by atoms with Gasteiger partial charge in [0.05, 0.1) is 58.1 Å². The number of benzene rings is 4. The molecule has 7 aliphatic heterocycles. The summed E-state index contributed by atoms with van der Waals surface area (Å²) < 4.78 is 47.6. The van der Waals surface area contributed by atoms with Crippen molar-refractivity contribution in [3.05, 3.63) is 125 Å². The number of aliphatic hydroxyl groups excluding tert-OH is 12. The number of aliphatic imine (C=N–C) groups is 2. The largest absolute Gasteiger partial charge is 0.462 e. The highest BCUT2D eigenvalue weighted by atomic mass is 16.8. The Hall–Kier alpha value is -8.88. The number of nitrogens with zero attached hydrogens (tertiary/aromatic N) is 3. The molecule has 5 fully saturated rings. The fourth-order valence-electron chi connectivity index (χ4n) is 13.3. The summed E-state index contributed by atoms with van der Waals surface area (Å²) >= 11 is 0. The molecule has 4 aromatic rings. The van der Waals surface area contributed by atoms with Gasteiger partial charge < -0.3 is 153 Å². The number of carbonyl (C=O) groups excluding carboxylic acids is 6. The van der Waals surface area contributed by atoms with E-state index in [-0.39, 0.29) is 30.4 Å². The minimum Gasteiger partial charge on any atom is -0.462 e. The summed E-state index contributed by atoms with van der Waals surface area (Å²) in [4.78, 5) is 96.7. The van der Waals surface area contributed by atoms with E-state index in [0.29, 0.717) is 22.6 Å². The lowest BCUT2D eigenvalue weighted by Crippen LogP contribution is -2.70. The van der Waals surface area contributed by atoms with Gasteiger partial charge in [0.15, 0.2) is 30.7 Å². The molecule has 23 N–H and O–H groups in total. The number of nitrogens with one attached hydrogen (secondary N) is 7. The molecule has 38 nitrogen and oxygen atoms in total. The summed E-state index contributed by atoms with van der Waals surface area (Å²) in [6, 6.07) is 15.3. The number of aliphatic hydroxyl groups is 12. The number of rotatable bonds is 19. The Morgan fingerprint density at radius 3 is 1.86 bits per heavy atom. The molecule has 0 saturated carbocycles. The van der Waals surface area contributed by atoms with Gasteiger partial charge in [-0.05, 0) is 54.4 Å². The van der Waals surface area contributed by atoms with Crippen molar-refractivity contribution < 1.29 is 128 Å². The standard InChI is InChI=1S/C68H88N12O26/c1-28-8-14-33(15-9-28)100-34-18-12-32(13-19-34)64-99-27-42-57(105-64)52(90)55(93)66(104-42)106-56-41(26-83)103-65(54(92)51(56)89)101-35-16-10-30(11-17-35)20-36-59(95)78-45(47(85)37-21-72-67(69)76-37)62(98)79-46(48(86)39-22-73-68(70)80(39)63-53(91)50(88)49(87)40(25-82)102-63)61(97)75-38(24-81)58(94)71-23-43(84)77-44(60(96)74-36)29(2)31-6-4-3-5-7-31/h3-19,29,36-42,44-57,63-66,81-83,85-93H,20-27H2,1-2H3,(H2,70,73)(H,71,94)(H,74,96)(H,75,97)(H,77,84)(H,78,95)(H,79,98)(H3,69,72,76). The molecule has 6 amide bonds. The van der Waals surface area contributed by atoms with E-state index >= 15 is 9.59 Å². The topological polar surface area (TPSA) is 583 Å². The molecule has 0 aromatic heterocycles. The Morgan fingerprint density at radius 1 is 0.575 bits per heavy atom. The quantitative estimate of drug-likeness (QED) is 0.0414. The third-order valence-electron chi connectivity index (χ3n) is 19.4. The van der Waals surface area contributed by atoms with Crippen LogP contribution in [-0.2, 0) is 63.6 Å². The molecule has 106 heavy (non-hydrogen) atoms. The van der Waals surface area contributed by atoms with E-state index in [4.69, 9.17) is 49.4 Å². The molecule has 11 rings (SSSR count). The second kappa shape index (κ2) is 34.3. The van der Waals surface area contributed by atoms with Gasteiger partial charge in [0.2, 0.25) is 41.7 Å². The molecule has 0 radical (unpaired) electrons. The lowest BCUT2D eigenvalue weighted by atomic mass is 9.92. The average molecular weight is 1490 g/mol. The number of aryl methyl sites for hydroxylation is 1. The van der Waals surface area contributed by atoms with Gasteiger partial charge in [-0.25, -0.2) is 0 Å². The lowest BCUT2D eigenvalue weighted by molar-refractivity contribution is -0.383. The van der Waals surface area contributed by atoms with Gasteiger partial charge in [-0.1, -0.05) is 79.2 Å². The summed E-state index contributed by atoms with van der Waals surface area (Å²) in [5, 5.41) is 151. The third kappa shape index (κ3) is 17.5. The number of carbonyl (C=O) groups is 6. The minimum atomic E-state index is -2.35. The lowest BCUT2D eigenvalue weighted by Gasteiger charge is -2.48. The normalized spacial score (nSPS) is 35.2. The maximum absolute atomic E-state index is 15.2. The SMILES string of the molecule is Cc1ccc(Oc2ccc(C3OCC4OC(OC5C(CO)OC(Oc6ccc(CC7NC(=O)C(C(C)c8ccccc8)NC(=O)CNC(=O)C(CO)NC(=O)C(C(O)C8CN=C(N)N8C8OC(CO)C(O)C(O)C8O)NC(=O)C(C(O)C8CN=C(N)N8)NC7=O)cc6)C(O)C5O)C(O)C(O)C4O3)cc2)cc1. The van der Waals surface area contributed by atoms with E-state index in [1.54, 1.807) is 61.5 Å². The van der Waals surface area contributed by atoms with Gasteiger partial charge in [0, 0.05) is 17.9 Å². The average Bonchev–Trinajstić information content (AvgIpc) is 1.35. The van der Waals surface area contributed by atoms with Crippen molar-refractivity contribution in [2.45, 2.75) is 179 Å². The van der Waals surface area contributed by atoms with Crippen LogP contribution in [0.15, 0.2) is 113 Å². The predicted octanol–water partition coefficient (Wildman–Crippen LogP) is -8.75. The molecular weight excluding hydrogens is 1400 g/mol. The van der Waals surface area contributed by atoms with Gasteiger partial charge in [0.25, 0.3) is 0 Å². The van der Waals surface area contributed by atoms with Crippen molar-refractivity contribution in [1.29, 1.82) is 0 Å². The highest BCUT2D eigenvalue weighted by Gasteiger charge is 2.55. The molecule has 7 heterocycles. The van der Waals surface area contributed by atoms with Gasteiger partial charge in [-0.3, -0.25) is 38.8 Å². The van der Waals surface area contributed by atoms with Crippen LogP contribution in [0.1, 0.15) is 41.4 Å². The van der Waals surface area contributed by atoms with Gasteiger partial charge in [0.1, 0.15) is 133 Å². The summed E-state index contributed by atoms with van der Waals surface area (Å²) in [6.07, 6.45) is -31.1. The van der Waals surface area contributed by atoms with Crippen molar-refractivity contribution in [1.82, 2.24) is 42.1 Å². The molecule has 576 valence electrons. The maximum atomic E-state index is 15.2. The Labute approximate surface area is 604 Å². The number of guanidine groups is 2. The summed E-state index contributed by atoms with van der Waals surface area (Å²) in [6.45, 7) is -1.31. The molecule has 38 heteroatoms. The molecule has 26 unspecified atom stereocenters. The Morgan fingerprint density at radius 2 is 1.20 bits per heavy atom. The summed E-state index contributed by atoms with van der Waals surface area (Å²) in [7, 11) is 0. The second-order valence-corrected chi connectivity index (χ2v) is 26.6. The fourth-order valence-corrected chi connectivity index (χ4v) is 13.3. The molecule has 0 bridgehead atoms. The molecule has 0 spiro atoms. The van der Waals surface area contributed by atoms with Crippen LogP contribution >= 0.6 is 0 Å². The van der Waals surface area contributed by atoms with Gasteiger partial charge in [-0.15, -0.1) is 0 Å². The Balaban J connectivity index is 0.816. The van der Waals surface area contributed by atoms with E-state index in [1.807, 2.05) is 31.2 Å². The maximum Gasteiger partial charge on any atom is 0.246 e. The van der Waals surface area contributed by atoms with Crippen LogP contribution in [0, 0.1) is 6.92 Å². The Kier molecular flexibility index (Phi) is 25.3. The van der Waals surface area contributed by atoms with Gasteiger partial charge in [-0.2, -0.15) is 0 Å². The van der Waals surface area contributed by atoms with Crippen molar-refractivity contribution in [3.63, 3.8) is 0 Å². The van der Waals surface area contributed by atoms with Crippen LogP contribution in [0.4, 0.5) is 0 Å². The Bertz CT molecular complexity index is 3760. The number of amides is 6. The van der Waals surface area contributed by atoms with Crippen LogP contribution in [-0.4, -0.2) is 306 Å². The second-order valence-electron chi connectivity index (χ2n) is 26.6. The molecule has 5 saturated heterocycles. The first kappa shape index (κ1) is 78.2. The van der Waals surface area contributed by atoms with Crippen LogP contribution in [0.3, 0.4) is 0 Å². The molecule has 7 aliphatic rings. The first-order valence-electron chi connectivity index (χ1n) is 34.2. The zero-order valence-corrected chi connectivity index (χ0v) is 57.1. The molecule has 0 aliphatic carbocycles. The third-order valence-corrected chi connectivity index (χ3v) is 19.4. The highest BCUT2D eigenvalue weighted by Crippen LogP contribution is 2.38. The van der Waals surface area contributed by atoms with E-state index < -0.39 is 239 Å². The summed E-state index contributed by atoms with van der Waals surface area (Å²) in [5.74, 6) is -7.77. The van der Waals surface area contributed by atoms with Crippen LogP contribution in [0.2, 0.25) is 0 Å². The van der Waals surface area contributed by atoms with Crippen LogP contribution in [0.5, 0.6) is 17.2 Å². The molecule has 26 atom stereocenters. The van der Waals surface area contributed by atoms with Crippen LogP contribution in [0.25, 0.3) is 0 Å². The smallest absolute Gasteiger partial charge is 0.246 e. The monoisotopic (exact) mass is 1490 g/mol. The molecule has 4 aromatic carbocycles. The number of hydrogen-bond donors (Lipinski definition) is 21. The fraction of sp³-hybridized carbons (Fsp3) is 0.529. The van der Waals surface area contributed by atoms with Crippen molar-refractivity contribution >= 4 is 47.4 Å². The van der Waals surface area contributed by atoms with Crippen molar-refractivity contribution in [2.75, 3.05) is 46.1 Å². The number of ether oxygens (including phenoxy) is 8. The zero-order valence-electron chi connectivity index (χ0n) is 57.1. The van der Waals surface area contributed by atoms with E-state index in [0.717, 1.165) is 10.5 Å². The number of nitrogens with two attached hydrogens (primary N) is 2. The first-order valence-corrected chi connectivity index (χ1v) is 34.2. The number of fused-ring (bicyclic) bond motifs is 1. The van der Waals surface area contributed by atoms with Crippen molar-refractivity contribution in [3.8, 4) is 17.2 Å². The zero-order chi connectivity index (χ0) is 75.9.